The van der Waals surface area contributed by atoms with Gasteiger partial charge in [0.1, 0.15) is 0 Å². The summed E-state index contributed by atoms with van der Waals surface area (Å²) >= 11 is 0. The van der Waals surface area contributed by atoms with Crippen molar-refractivity contribution in [2.75, 3.05) is 0 Å². The molecule has 0 bridgehead atoms. The van der Waals surface area contributed by atoms with Crippen LogP contribution in [0.3, 0.4) is 0 Å². The molecule has 0 spiro atoms. The second-order valence-corrected chi connectivity index (χ2v) is 1.79. The Labute approximate surface area is 71.3 Å². The topological polar surface area (TPSA) is 54.4 Å². The van der Waals surface area contributed by atoms with E-state index < -0.39 is 5.97 Å². The van der Waals surface area contributed by atoms with Gasteiger partial charge in [-0.15, -0.1) is 5.92 Å². The molecule has 0 saturated carbocycles. The van der Waals surface area contributed by atoms with Crippen molar-refractivity contribution in [2.45, 2.75) is 20.8 Å². The van der Waals surface area contributed by atoms with Gasteiger partial charge >= 0.3 is 17.1 Å². The Morgan fingerprint density at radius 2 is 1.60 bits per heavy atom. The minimum absolute atomic E-state index is 0. The Balaban J connectivity index is -0.0000000910. The van der Waals surface area contributed by atoms with Crippen LogP contribution in [-0.2, 0) is 26.7 Å². The molecular formula is C6H11CuO3. The van der Waals surface area contributed by atoms with Crippen molar-refractivity contribution in [1.29, 1.82) is 0 Å². The zero-order chi connectivity index (χ0) is 7.86. The molecule has 0 atom stereocenters. The number of carbonyl (C=O) groups excluding carboxylic acids is 1. The van der Waals surface area contributed by atoms with Gasteiger partial charge in [0.05, 0.1) is 0 Å². The van der Waals surface area contributed by atoms with Crippen molar-refractivity contribution in [2.24, 2.45) is 5.92 Å². The first-order valence-electron chi connectivity index (χ1n) is 2.58. The average molecular weight is 195 g/mol. The van der Waals surface area contributed by atoms with Gasteiger partial charge in [0.25, 0.3) is 5.97 Å². The maximum Gasteiger partial charge on any atom is 1.00 e. The van der Waals surface area contributed by atoms with Crippen LogP contribution in [0.5, 0.6) is 0 Å². The van der Waals surface area contributed by atoms with Crippen LogP contribution in [0.25, 0.3) is 0 Å². The Morgan fingerprint density at radius 3 is 1.60 bits per heavy atom. The van der Waals surface area contributed by atoms with E-state index in [-0.39, 0.29) is 23.0 Å². The van der Waals surface area contributed by atoms with E-state index in [1.165, 1.54) is 0 Å². The number of carbonyl (C=O) groups is 1. The van der Waals surface area contributed by atoms with Crippen molar-refractivity contribution in [3.05, 3.63) is 0 Å². The number of rotatable bonds is 1. The van der Waals surface area contributed by atoms with Crippen LogP contribution in [0.4, 0.5) is 0 Å². The van der Waals surface area contributed by atoms with Crippen LogP contribution >= 0.6 is 0 Å². The normalized spacial score (nSPS) is 6.80. The number of hydrogen-bond donors (Lipinski definition) is 1. The number of carboxylic acid groups (broad SMARTS) is 1. The van der Waals surface area contributed by atoms with E-state index in [0.29, 0.717) is 0 Å². The zero-order valence-corrected chi connectivity index (χ0v) is 7.08. The Morgan fingerprint density at radius 1 is 1.50 bits per heavy atom. The van der Waals surface area contributed by atoms with Crippen LogP contribution in [0.2, 0.25) is 0 Å². The predicted molar refractivity (Wildman–Crippen MR) is 33.8 cm³/mol. The fraction of sp³-hybridized carbons (Fsp3) is 0.667. The predicted octanol–water partition coefficient (Wildman–Crippen LogP) is 0.841. The summed E-state index contributed by atoms with van der Waals surface area (Å²) in [7, 11) is 0. The molecule has 0 aliphatic heterocycles. The molecule has 1 N–H and O–H groups in total. The molecule has 0 unspecified atom stereocenters. The van der Waals surface area contributed by atoms with Gasteiger partial charge in [-0.3, -0.25) is 11.1 Å². The van der Waals surface area contributed by atoms with E-state index in [1.54, 1.807) is 20.1 Å². The SMILES string of the molecule is CC(=O)O.CC(C)[C-]=O.[Cu+]. The second kappa shape index (κ2) is 11.5. The Bertz CT molecular complexity index is 87.0. The Hall–Kier alpha value is -0.341. The molecule has 0 aromatic rings. The molecule has 0 rings (SSSR count). The van der Waals surface area contributed by atoms with Crippen LogP contribution < -0.4 is 0 Å². The molecule has 3 nitrogen and oxygen atoms in total. The van der Waals surface area contributed by atoms with Crippen molar-refractivity contribution in [3.63, 3.8) is 0 Å². The summed E-state index contributed by atoms with van der Waals surface area (Å²) in [5.74, 6) is -0.755. The third-order valence-electron chi connectivity index (χ3n) is 0.236. The van der Waals surface area contributed by atoms with Gasteiger partial charge in [-0.05, 0) is 0 Å². The molecule has 0 radical (unpaired) electrons. The van der Waals surface area contributed by atoms with Gasteiger partial charge in [-0.1, -0.05) is 13.8 Å². The van der Waals surface area contributed by atoms with Crippen molar-refractivity contribution in [3.8, 4) is 0 Å². The van der Waals surface area contributed by atoms with Gasteiger partial charge in [-0.25, -0.2) is 0 Å². The summed E-state index contributed by atoms with van der Waals surface area (Å²) in [5, 5.41) is 7.42. The molecule has 0 heterocycles. The largest absolute Gasteiger partial charge is 1.00 e. The monoisotopic (exact) mass is 194 g/mol. The van der Waals surface area contributed by atoms with E-state index in [2.05, 4.69) is 0 Å². The first kappa shape index (κ1) is 16.3. The molecule has 0 aliphatic carbocycles. The van der Waals surface area contributed by atoms with E-state index in [4.69, 9.17) is 9.90 Å². The van der Waals surface area contributed by atoms with Crippen molar-refractivity contribution < 1.29 is 31.8 Å². The van der Waals surface area contributed by atoms with Crippen LogP contribution in [0, 0.1) is 5.92 Å². The minimum atomic E-state index is -0.833. The van der Waals surface area contributed by atoms with E-state index in [9.17, 15) is 4.79 Å². The molecular weight excluding hydrogens is 184 g/mol. The van der Waals surface area contributed by atoms with Crippen LogP contribution in [0.1, 0.15) is 20.8 Å². The molecule has 4 heteroatoms. The molecule has 0 aromatic heterocycles. The first-order chi connectivity index (χ1) is 4.00. The van der Waals surface area contributed by atoms with Gasteiger partial charge in [-0.2, -0.15) is 0 Å². The van der Waals surface area contributed by atoms with Gasteiger partial charge in [0.15, 0.2) is 0 Å². The smallest absolute Gasteiger partial charge is 0.542 e. The standard InChI is InChI=1S/C4H7O.C2H4O2.Cu/c1-4(2)3-5;1-2(3)4;/h4H,1-2H3;1H3,(H,3,4);/q-1;;+1. The third kappa shape index (κ3) is 123. The number of aliphatic carboxylic acids is 1. The van der Waals surface area contributed by atoms with E-state index in [0.717, 1.165) is 6.92 Å². The maximum atomic E-state index is 9.38. The van der Waals surface area contributed by atoms with Crippen LogP contribution in [-0.4, -0.2) is 17.4 Å². The van der Waals surface area contributed by atoms with E-state index in [1.807, 2.05) is 0 Å². The van der Waals surface area contributed by atoms with Gasteiger partial charge in [0.2, 0.25) is 0 Å². The number of carboxylic acids is 1. The molecule has 10 heavy (non-hydrogen) atoms. The van der Waals surface area contributed by atoms with Gasteiger partial charge < -0.3 is 9.90 Å². The third-order valence-corrected chi connectivity index (χ3v) is 0.236. The summed E-state index contributed by atoms with van der Waals surface area (Å²) in [4.78, 5) is 18.4. The van der Waals surface area contributed by atoms with E-state index >= 15 is 0 Å². The van der Waals surface area contributed by atoms with Crippen molar-refractivity contribution >= 4 is 12.3 Å². The molecule has 0 aromatic carbocycles. The van der Waals surface area contributed by atoms with Crippen molar-refractivity contribution in [1.82, 2.24) is 0 Å². The summed E-state index contributed by atoms with van der Waals surface area (Å²) in [5.41, 5.74) is 0. The average Bonchev–Trinajstić information content (AvgIpc) is 1.65. The summed E-state index contributed by atoms with van der Waals surface area (Å²) in [6.45, 7) is 4.68. The fourth-order valence-corrected chi connectivity index (χ4v) is 0. The molecule has 0 fully saturated rings. The molecule has 0 amide bonds. The summed E-state index contributed by atoms with van der Waals surface area (Å²) in [6, 6.07) is 0. The van der Waals surface area contributed by atoms with Crippen LogP contribution in [0.15, 0.2) is 0 Å². The Kier molecular flexibility index (Phi) is 18.7. The molecule has 0 aliphatic rings. The molecule has 64 valence electrons. The minimum Gasteiger partial charge on any atom is -0.542 e. The maximum absolute atomic E-state index is 9.38. The molecule has 0 saturated heterocycles. The van der Waals surface area contributed by atoms with Gasteiger partial charge in [0, 0.05) is 6.92 Å². The first-order valence-corrected chi connectivity index (χ1v) is 2.58. The summed E-state index contributed by atoms with van der Waals surface area (Å²) in [6.07, 6.45) is 1.78. The summed E-state index contributed by atoms with van der Waals surface area (Å²) < 4.78 is 0. The second-order valence-electron chi connectivity index (χ2n) is 1.79. The fourth-order valence-electron chi connectivity index (χ4n) is 0. The quantitative estimate of drug-likeness (QED) is 0.497. The zero-order valence-electron chi connectivity index (χ0n) is 6.14. The number of hydrogen-bond acceptors (Lipinski definition) is 2.